The van der Waals surface area contributed by atoms with Crippen molar-refractivity contribution in [3.63, 3.8) is 0 Å². The van der Waals surface area contributed by atoms with E-state index >= 15 is 0 Å². The molecule has 4 rings (SSSR count). The number of ether oxygens (including phenoxy) is 2. The largest absolute Gasteiger partial charge is 0.497 e. The van der Waals surface area contributed by atoms with Crippen LogP contribution < -0.4 is 19.7 Å². The van der Waals surface area contributed by atoms with Gasteiger partial charge in [-0.05, 0) is 44.2 Å². The first-order valence-corrected chi connectivity index (χ1v) is 13.7. The molecule has 2 heterocycles. The smallest absolute Gasteiger partial charge is 0.240 e. The van der Waals surface area contributed by atoms with Crippen LogP contribution >= 0.6 is 11.8 Å². The molecule has 1 N–H and O–H groups in total. The third-order valence-corrected chi connectivity index (χ3v) is 7.53. The Bertz CT molecular complexity index is 1310. The number of benzene rings is 2. The fraction of sp³-hybridized carbons (Fsp3) is 0.414. The molecule has 1 aliphatic heterocycles. The van der Waals surface area contributed by atoms with Crippen LogP contribution in [0, 0.1) is 0 Å². The van der Waals surface area contributed by atoms with E-state index in [1.54, 1.807) is 23.8 Å². The van der Waals surface area contributed by atoms with Crippen LogP contribution in [-0.4, -0.2) is 54.2 Å². The van der Waals surface area contributed by atoms with Crippen molar-refractivity contribution >= 4 is 29.4 Å². The first-order valence-electron chi connectivity index (χ1n) is 12.7. The highest BCUT2D eigenvalue weighted by atomic mass is 32.2. The van der Waals surface area contributed by atoms with E-state index in [9.17, 15) is 9.59 Å². The number of carbonyl (C=O) groups is 2. The number of fused-ring (bicyclic) bond motifs is 1. The molecular formula is C29H36N4O4S. The maximum absolute atomic E-state index is 13.7. The van der Waals surface area contributed by atoms with Crippen molar-refractivity contribution in [2.75, 3.05) is 31.4 Å². The summed E-state index contributed by atoms with van der Waals surface area (Å²) in [6.45, 7) is 10.0. The number of nitrogens with one attached hydrogen (secondary N) is 1. The molecule has 0 fully saturated rings. The quantitative estimate of drug-likeness (QED) is 0.463. The van der Waals surface area contributed by atoms with Crippen molar-refractivity contribution in [1.82, 2.24) is 15.1 Å². The van der Waals surface area contributed by atoms with E-state index in [2.05, 4.69) is 26.1 Å². The molecule has 2 amide bonds. The summed E-state index contributed by atoms with van der Waals surface area (Å²) in [5, 5.41) is 7.81. The Labute approximate surface area is 228 Å². The number of anilines is 1. The molecule has 9 heteroatoms. The van der Waals surface area contributed by atoms with Crippen LogP contribution in [-0.2, 0) is 15.0 Å². The maximum Gasteiger partial charge on any atom is 0.240 e. The Hall–Kier alpha value is -3.46. The number of amides is 2. The first-order chi connectivity index (χ1) is 18.0. The van der Waals surface area contributed by atoms with Gasteiger partial charge >= 0.3 is 0 Å². The van der Waals surface area contributed by atoms with Crippen molar-refractivity contribution in [2.24, 2.45) is 0 Å². The maximum atomic E-state index is 13.7. The molecule has 3 aromatic rings. The van der Waals surface area contributed by atoms with Crippen LogP contribution in [0.1, 0.15) is 56.7 Å². The second-order valence-electron chi connectivity index (χ2n) is 10.6. The van der Waals surface area contributed by atoms with Crippen molar-refractivity contribution < 1.29 is 19.1 Å². The zero-order valence-electron chi connectivity index (χ0n) is 23.1. The first kappa shape index (κ1) is 27.6. The number of nitrogens with zero attached hydrogens (tertiary/aromatic N) is 3. The van der Waals surface area contributed by atoms with Gasteiger partial charge in [-0.25, -0.2) is 4.68 Å². The molecule has 0 saturated heterocycles. The zero-order valence-corrected chi connectivity index (χ0v) is 23.9. The summed E-state index contributed by atoms with van der Waals surface area (Å²) in [5.41, 5.74) is 3.15. The van der Waals surface area contributed by atoms with Gasteiger partial charge in [0.2, 0.25) is 11.8 Å². The molecular weight excluding hydrogens is 500 g/mol. The van der Waals surface area contributed by atoms with E-state index in [0.717, 1.165) is 34.0 Å². The van der Waals surface area contributed by atoms with E-state index < -0.39 is 0 Å². The second-order valence-corrected chi connectivity index (χ2v) is 11.7. The highest BCUT2D eigenvalue weighted by molar-refractivity contribution is 8.00. The van der Waals surface area contributed by atoms with Crippen LogP contribution in [0.2, 0.25) is 0 Å². The lowest BCUT2D eigenvalue weighted by atomic mass is 9.87. The summed E-state index contributed by atoms with van der Waals surface area (Å²) in [7, 11) is 3.27. The summed E-state index contributed by atoms with van der Waals surface area (Å²) >= 11 is 1.53. The van der Waals surface area contributed by atoms with Gasteiger partial charge in [0.05, 0.1) is 36.6 Å². The van der Waals surface area contributed by atoms with E-state index in [4.69, 9.17) is 14.6 Å². The number of carbonyl (C=O) groups excluding carboxylic acids is 2. The molecule has 2 aromatic carbocycles. The minimum Gasteiger partial charge on any atom is -0.497 e. The number of para-hydroxylation sites is 1. The van der Waals surface area contributed by atoms with Gasteiger partial charge in [-0.1, -0.05) is 39.0 Å². The number of rotatable bonds is 7. The molecule has 1 aliphatic rings. The minimum atomic E-state index is -0.345. The van der Waals surface area contributed by atoms with Gasteiger partial charge in [-0.15, -0.1) is 11.8 Å². The van der Waals surface area contributed by atoms with Gasteiger partial charge in [-0.2, -0.15) is 5.10 Å². The lowest BCUT2D eigenvalue weighted by molar-refractivity contribution is -0.123. The molecule has 8 nitrogen and oxygen atoms in total. The fourth-order valence-corrected chi connectivity index (χ4v) is 5.84. The van der Waals surface area contributed by atoms with Crippen LogP contribution in [0.4, 0.5) is 5.82 Å². The molecule has 38 heavy (non-hydrogen) atoms. The average molecular weight is 537 g/mol. The molecule has 0 spiro atoms. The monoisotopic (exact) mass is 536 g/mol. The summed E-state index contributed by atoms with van der Waals surface area (Å²) in [6.07, 6.45) is 0. The third kappa shape index (κ3) is 5.53. The van der Waals surface area contributed by atoms with Gasteiger partial charge < -0.3 is 14.8 Å². The summed E-state index contributed by atoms with van der Waals surface area (Å²) in [5.74, 6) is 1.90. The number of hydrogen-bond acceptors (Lipinski definition) is 6. The average Bonchev–Trinajstić information content (AvgIpc) is 3.22. The molecule has 0 saturated carbocycles. The minimum absolute atomic E-state index is 0.0450. The fourth-order valence-electron chi connectivity index (χ4n) is 4.62. The number of hydrogen-bond donors (Lipinski definition) is 1. The molecule has 0 aliphatic carbocycles. The van der Waals surface area contributed by atoms with Crippen LogP contribution in [0.25, 0.3) is 5.69 Å². The SMILES string of the molecule is COc1ccc(-n2nc(C(C)(C)C)c3c2N(CC(=O)NC(C)C)C(=O)CSC3c2ccccc2OC)cc1. The second kappa shape index (κ2) is 11.1. The normalized spacial score (nSPS) is 15.7. The standard InChI is InChI=1S/C29H36N4O4S/c1-18(2)30-23(34)16-32-24(35)17-38-26(21-10-8-9-11-22(21)37-7)25-27(29(3,4)5)31-33(28(25)32)19-12-14-20(36-6)15-13-19/h8-15,18,26H,16-17H2,1-7H3,(H,30,34). The van der Waals surface area contributed by atoms with Gasteiger partial charge in [0.1, 0.15) is 23.9 Å². The van der Waals surface area contributed by atoms with Gasteiger partial charge in [0.15, 0.2) is 0 Å². The van der Waals surface area contributed by atoms with E-state index in [1.807, 2.05) is 62.4 Å². The Morgan fingerprint density at radius 3 is 2.39 bits per heavy atom. The number of aromatic nitrogens is 2. The Morgan fingerprint density at radius 2 is 1.79 bits per heavy atom. The van der Waals surface area contributed by atoms with E-state index in [1.165, 1.54) is 11.8 Å². The topological polar surface area (TPSA) is 85.7 Å². The predicted molar refractivity (Wildman–Crippen MR) is 152 cm³/mol. The van der Waals surface area contributed by atoms with Gasteiger partial charge in [0, 0.05) is 22.6 Å². The molecule has 0 bridgehead atoms. The Morgan fingerprint density at radius 1 is 1.11 bits per heavy atom. The predicted octanol–water partition coefficient (Wildman–Crippen LogP) is 4.88. The number of methoxy groups -OCH3 is 2. The Balaban J connectivity index is 2.02. The van der Waals surface area contributed by atoms with E-state index in [-0.39, 0.29) is 40.8 Å². The van der Waals surface area contributed by atoms with Crippen molar-refractivity contribution in [3.8, 4) is 17.2 Å². The molecule has 202 valence electrons. The van der Waals surface area contributed by atoms with Crippen LogP contribution in [0.15, 0.2) is 48.5 Å². The highest BCUT2D eigenvalue weighted by Gasteiger charge is 2.40. The van der Waals surface area contributed by atoms with Crippen LogP contribution in [0.3, 0.4) is 0 Å². The zero-order chi connectivity index (χ0) is 27.6. The molecule has 0 radical (unpaired) electrons. The summed E-state index contributed by atoms with van der Waals surface area (Å²) in [4.78, 5) is 28.3. The van der Waals surface area contributed by atoms with Gasteiger partial charge in [0.25, 0.3) is 0 Å². The van der Waals surface area contributed by atoms with Crippen molar-refractivity contribution in [1.29, 1.82) is 0 Å². The lowest BCUT2D eigenvalue weighted by Crippen LogP contribution is -2.44. The van der Waals surface area contributed by atoms with Crippen molar-refractivity contribution in [2.45, 2.75) is 51.3 Å². The molecule has 1 aromatic heterocycles. The summed E-state index contributed by atoms with van der Waals surface area (Å²) in [6, 6.07) is 15.4. The number of thioether (sulfide) groups is 1. The van der Waals surface area contributed by atoms with Gasteiger partial charge in [-0.3, -0.25) is 14.5 Å². The lowest BCUT2D eigenvalue weighted by Gasteiger charge is -2.25. The third-order valence-electron chi connectivity index (χ3n) is 6.29. The van der Waals surface area contributed by atoms with Crippen molar-refractivity contribution in [3.05, 3.63) is 65.4 Å². The Kier molecular flexibility index (Phi) is 8.06. The molecule has 1 atom stereocenters. The van der Waals surface area contributed by atoms with Crippen LogP contribution in [0.5, 0.6) is 11.5 Å². The highest BCUT2D eigenvalue weighted by Crippen LogP contribution is 2.50. The van der Waals surface area contributed by atoms with E-state index in [0.29, 0.717) is 5.82 Å². The summed E-state index contributed by atoms with van der Waals surface area (Å²) < 4.78 is 12.9. The molecule has 1 unspecified atom stereocenters.